The summed E-state index contributed by atoms with van der Waals surface area (Å²) in [6.45, 7) is 7.75. The van der Waals surface area contributed by atoms with E-state index < -0.39 is 0 Å². The molecule has 2 heterocycles. The Hall–Kier alpha value is -2.76. The van der Waals surface area contributed by atoms with Gasteiger partial charge in [0.25, 0.3) is 5.91 Å². The van der Waals surface area contributed by atoms with Gasteiger partial charge in [-0.05, 0) is 31.5 Å². The molecule has 1 atom stereocenters. The first-order valence-corrected chi connectivity index (χ1v) is 10.1. The summed E-state index contributed by atoms with van der Waals surface area (Å²) in [7, 11) is 0. The number of pyridine rings is 1. The molecule has 5 heteroatoms. The van der Waals surface area contributed by atoms with Gasteiger partial charge in [0.15, 0.2) is 0 Å². The Morgan fingerprint density at radius 2 is 1.83 bits per heavy atom. The lowest BCUT2D eigenvalue weighted by atomic mass is 10.0. The van der Waals surface area contributed by atoms with E-state index in [1.54, 1.807) is 0 Å². The molecule has 0 spiro atoms. The highest BCUT2D eigenvalue weighted by molar-refractivity contribution is 6.06. The number of benzene rings is 2. The SMILES string of the molecule is Cc1ccc([C@H](CNC(=O)c2cc(C)nc3ccccc23)N2CCOCC2)cc1. The van der Waals surface area contributed by atoms with E-state index in [1.807, 2.05) is 37.3 Å². The molecule has 0 saturated carbocycles. The van der Waals surface area contributed by atoms with Crippen molar-refractivity contribution in [2.24, 2.45) is 0 Å². The Morgan fingerprint density at radius 3 is 2.59 bits per heavy atom. The summed E-state index contributed by atoms with van der Waals surface area (Å²) in [6.07, 6.45) is 0. The maximum atomic E-state index is 13.1. The average molecular weight is 389 g/mol. The van der Waals surface area contributed by atoms with Gasteiger partial charge in [0, 0.05) is 30.7 Å². The minimum Gasteiger partial charge on any atom is -0.379 e. The van der Waals surface area contributed by atoms with Crippen LogP contribution in [0.2, 0.25) is 0 Å². The molecule has 29 heavy (non-hydrogen) atoms. The lowest BCUT2D eigenvalue weighted by Gasteiger charge is -2.35. The Labute approximate surface area is 171 Å². The van der Waals surface area contributed by atoms with Crippen LogP contribution in [0, 0.1) is 13.8 Å². The highest BCUT2D eigenvalue weighted by Crippen LogP contribution is 2.23. The molecule has 1 aromatic heterocycles. The lowest BCUT2D eigenvalue weighted by molar-refractivity contribution is 0.0162. The van der Waals surface area contributed by atoms with Crippen molar-refractivity contribution < 1.29 is 9.53 Å². The van der Waals surface area contributed by atoms with E-state index in [1.165, 1.54) is 11.1 Å². The fraction of sp³-hybridized carbons (Fsp3) is 0.333. The minimum absolute atomic E-state index is 0.0583. The van der Waals surface area contributed by atoms with Gasteiger partial charge in [0.1, 0.15) is 0 Å². The number of aryl methyl sites for hydroxylation is 2. The number of ether oxygens (including phenoxy) is 1. The zero-order valence-electron chi connectivity index (χ0n) is 17.0. The molecule has 1 saturated heterocycles. The van der Waals surface area contributed by atoms with Crippen LogP contribution in [0.25, 0.3) is 10.9 Å². The number of amides is 1. The van der Waals surface area contributed by atoms with E-state index >= 15 is 0 Å². The van der Waals surface area contributed by atoms with E-state index in [9.17, 15) is 4.79 Å². The van der Waals surface area contributed by atoms with Crippen LogP contribution in [0.5, 0.6) is 0 Å². The van der Waals surface area contributed by atoms with E-state index in [4.69, 9.17) is 4.74 Å². The maximum Gasteiger partial charge on any atom is 0.252 e. The number of fused-ring (bicyclic) bond motifs is 1. The number of hydrogen-bond donors (Lipinski definition) is 1. The second kappa shape index (κ2) is 8.72. The monoisotopic (exact) mass is 389 g/mol. The number of nitrogens with zero attached hydrogens (tertiary/aromatic N) is 2. The molecule has 150 valence electrons. The fourth-order valence-electron chi connectivity index (χ4n) is 3.92. The maximum absolute atomic E-state index is 13.1. The van der Waals surface area contributed by atoms with E-state index in [0.29, 0.717) is 12.1 Å². The zero-order valence-corrected chi connectivity index (χ0v) is 17.0. The summed E-state index contributed by atoms with van der Waals surface area (Å²) >= 11 is 0. The van der Waals surface area contributed by atoms with Gasteiger partial charge in [-0.3, -0.25) is 14.7 Å². The van der Waals surface area contributed by atoms with Gasteiger partial charge < -0.3 is 10.1 Å². The normalized spacial score (nSPS) is 15.9. The van der Waals surface area contributed by atoms with E-state index in [2.05, 4.69) is 46.4 Å². The quantitative estimate of drug-likeness (QED) is 0.724. The zero-order chi connectivity index (χ0) is 20.2. The molecular formula is C24H27N3O2. The average Bonchev–Trinajstić information content (AvgIpc) is 2.75. The topological polar surface area (TPSA) is 54.5 Å². The second-order valence-electron chi connectivity index (χ2n) is 7.61. The van der Waals surface area contributed by atoms with Crippen LogP contribution in [0.15, 0.2) is 54.6 Å². The van der Waals surface area contributed by atoms with Crippen LogP contribution < -0.4 is 5.32 Å². The number of rotatable bonds is 5. The largest absolute Gasteiger partial charge is 0.379 e. The molecule has 0 radical (unpaired) electrons. The van der Waals surface area contributed by atoms with Gasteiger partial charge in [-0.1, -0.05) is 48.0 Å². The van der Waals surface area contributed by atoms with Gasteiger partial charge in [-0.2, -0.15) is 0 Å². The summed E-state index contributed by atoms with van der Waals surface area (Å²) < 4.78 is 5.53. The van der Waals surface area contributed by atoms with Crippen LogP contribution in [-0.4, -0.2) is 48.6 Å². The molecule has 1 fully saturated rings. The van der Waals surface area contributed by atoms with Gasteiger partial charge in [0.05, 0.1) is 30.3 Å². The smallest absolute Gasteiger partial charge is 0.252 e. The van der Waals surface area contributed by atoms with Crippen LogP contribution in [0.3, 0.4) is 0 Å². The Balaban J connectivity index is 1.57. The Kier molecular flexibility index (Phi) is 5.88. The number of hydrogen-bond acceptors (Lipinski definition) is 4. The number of carbonyl (C=O) groups excluding carboxylic acids is 1. The van der Waals surface area contributed by atoms with Gasteiger partial charge >= 0.3 is 0 Å². The molecular weight excluding hydrogens is 362 g/mol. The molecule has 5 nitrogen and oxygen atoms in total. The Morgan fingerprint density at radius 1 is 1.10 bits per heavy atom. The van der Waals surface area contributed by atoms with Gasteiger partial charge in [0.2, 0.25) is 0 Å². The molecule has 2 aromatic carbocycles. The number of nitrogens with one attached hydrogen (secondary N) is 1. The number of para-hydroxylation sites is 1. The standard InChI is InChI=1S/C24H27N3O2/c1-17-7-9-19(10-8-17)23(27-11-13-29-14-12-27)16-25-24(28)21-15-18(2)26-22-6-4-3-5-20(21)22/h3-10,15,23H,11-14,16H2,1-2H3,(H,25,28)/t23-/m0/s1. The molecule has 1 aliphatic rings. The van der Waals surface area contributed by atoms with Crippen molar-refractivity contribution in [3.05, 3.63) is 77.0 Å². The molecule has 1 amide bonds. The fourth-order valence-corrected chi connectivity index (χ4v) is 3.92. The van der Waals surface area contributed by atoms with E-state index in [-0.39, 0.29) is 11.9 Å². The summed E-state index contributed by atoms with van der Waals surface area (Å²) in [5, 5.41) is 4.06. The third-order valence-corrected chi connectivity index (χ3v) is 5.49. The van der Waals surface area contributed by atoms with Crippen molar-refractivity contribution >= 4 is 16.8 Å². The number of morpholine rings is 1. The molecule has 3 aromatic rings. The molecule has 0 unspecified atom stereocenters. The first-order valence-electron chi connectivity index (χ1n) is 10.1. The summed E-state index contributed by atoms with van der Waals surface area (Å²) in [5.41, 5.74) is 4.82. The highest BCUT2D eigenvalue weighted by atomic mass is 16.5. The molecule has 1 N–H and O–H groups in total. The molecule has 0 aliphatic carbocycles. The van der Waals surface area contributed by atoms with Crippen LogP contribution >= 0.6 is 0 Å². The van der Waals surface area contributed by atoms with Crippen molar-refractivity contribution in [2.75, 3.05) is 32.8 Å². The van der Waals surface area contributed by atoms with Crippen LogP contribution in [-0.2, 0) is 4.74 Å². The number of carbonyl (C=O) groups is 1. The van der Waals surface area contributed by atoms with Gasteiger partial charge in [-0.15, -0.1) is 0 Å². The molecule has 0 bridgehead atoms. The summed E-state index contributed by atoms with van der Waals surface area (Å²) in [4.78, 5) is 20.0. The lowest BCUT2D eigenvalue weighted by Crippen LogP contribution is -2.43. The van der Waals surface area contributed by atoms with Gasteiger partial charge in [-0.25, -0.2) is 0 Å². The van der Waals surface area contributed by atoms with E-state index in [0.717, 1.165) is 42.9 Å². The molecule has 1 aliphatic heterocycles. The molecule has 4 rings (SSSR count). The van der Waals surface area contributed by atoms with Crippen molar-refractivity contribution in [1.82, 2.24) is 15.2 Å². The first kappa shape index (κ1) is 19.6. The predicted octanol–water partition coefficient (Wildman–Crippen LogP) is 3.65. The minimum atomic E-state index is -0.0583. The van der Waals surface area contributed by atoms with Crippen molar-refractivity contribution in [3.63, 3.8) is 0 Å². The predicted molar refractivity (Wildman–Crippen MR) is 115 cm³/mol. The van der Waals surface area contributed by atoms with Crippen molar-refractivity contribution in [1.29, 1.82) is 0 Å². The van der Waals surface area contributed by atoms with Crippen LogP contribution in [0.1, 0.15) is 33.2 Å². The Bertz CT molecular complexity index is 995. The third-order valence-electron chi connectivity index (χ3n) is 5.49. The second-order valence-corrected chi connectivity index (χ2v) is 7.61. The van der Waals surface area contributed by atoms with Crippen LogP contribution in [0.4, 0.5) is 0 Å². The summed E-state index contributed by atoms with van der Waals surface area (Å²) in [5.74, 6) is -0.0583. The number of aromatic nitrogens is 1. The van der Waals surface area contributed by atoms with Crippen molar-refractivity contribution in [3.8, 4) is 0 Å². The van der Waals surface area contributed by atoms with Crippen molar-refractivity contribution in [2.45, 2.75) is 19.9 Å². The third kappa shape index (κ3) is 4.47. The first-order chi connectivity index (χ1) is 14.1. The highest BCUT2D eigenvalue weighted by Gasteiger charge is 2.23. The summed E-state index contributed by atoms with van der Waals surface area (Å²) in [6, 6.07) is 18.4.